The van der Waals surface area contributed by atoms with Crippen LogP contribution >= 0.6 is 11.6 Å². The van der Waals surface area contributed by atoms with E-state index in [1.54, 1.807) is 0 Å². The van der Waals surface area contributed by atoms with Crippen LogP contribution in [0.25, 0.3) is 0 Å². The van der Waals surface area contributed by atoms with Crippen LogP contribution in [0.3, 0.4) is 0 Å². The molecule has 0 aliphatic carbocycles. The van der Waals surface area contributed by atoms with Crippen LogP contribution in [0.2, 0.25) is 5.02 Å². The van der Waals surface area contributed by atoms with E-state index in [0.717, 1.165) is 12.8 Å². The van der Waals surface area contributed by atoms with Crippen LogP contribution in [0, 0.1) is 16.0 Å². The van der Waals surface area contributed by atoms with Gasteiger partial charge in [-0.25, -0.2) is 0 Å². The molecule has 7 heteroatoms. The quantitative estimate of drug-likeness (QED) is 0.568. The Kier molecular flexibility index (Phi) is 7.11. The molecule has 1 aromatic carbocycles. The molecule has 0 radical (unpaired) electrons. The van der Waals surface area contributed by atoms with Gasteiger partial charge in [0.1, 0.15) is 5.69 Å². The molecule has 21 heavy (non-hydrogen) atoms. The van der Waals surface area contributed by atoms with Crippen LogP contribution in [-0.4, -0.2) is 17.4 Å². The number of halogens is 1. The summed E-state index contributed by atoms with van der Waals surface area (Å²) in [5.41, 5.74) is 5.48. The van der Waals surface area contributed by atoms with E-state index in [-0.39, 0.29) is 17.3 Å². The number of amides is 1. The number of hydrogen-bond donors (Lipinski definition) is 2. The highest BCUT2D eigenvalue weighted by atomic mass is 35.5. The van der Waals surface area contributed by atoms with Gasteiger partial charge in [-0.1, -0.05) is 24.9 Å². The van der Waals surface area contributed by atoms with E-state index in [1.165, 1.54) is 18.2 Å². The van der Waals surface area contributed by atoms with Crippen molar-refractivity contribution >= 4 is 28.9 Å². The largest absolute Gasteiger partial charge is 0.330 e. The minimum Gasteiger partial charge on any atom is -0.330 e. The predicted molar refractivity (Wildman–Crippen MR) is 83.4 cm³/mol. The molecular weight excluding hydrogens is 294 g/mol. The summed E-state index contributed by atoms with van der Waals surface area (Å²) in [5, 5.41) is 13.8. The molecule has 0 saturated heterocycles. The van der Waals surface area contributed by atoms with Crippen molar-refractivity contribution in [3.8, 4) is 0 Å². The van der Waals surface area contributed by atoms with Crippen LogP contribution in [0.15, 0.2) is 18.2 Å². The number of nitro benzene ring substituents is 1. The Labute approximate surface area is 128 Å². The molecule has 1 rings (SSSR count). The molecule has 0 bridgehead atoms. The summed E-state index contributed by atoms with van der Waals surface area (Å²) in [5.74, 6) is 0.144. The van der Waals surface area contributed by atoms with E-state index < -0.39 is 4.92 Å². The number of carbonyl (C=O) groups excluding carboxylic acids is 1. The van der Waals surface area contributed by atoms with Gasteiger partial charge in [-0.15, -0.1) is 0 Å². The van der Waals surface area contributed by atoms with Crippen LogP contribution in [-0.2, 0) is 4.79 Å². The molecule has 0 aliphatic rings. The molecule has 1 aromatic rings. The second kappa shape index (κ2) is 8.59. The molecular formula is C14H20ClN3O3. The summed E-state index contributed by atoms with van der Waals surface area (Å²) < 4.78 is 0. The van der Waals surface area contributed by atoms with E-state index in [2.05, 4.69) is 12.2 Å². The first kappa shape index (κ1) is 17.4. The molecule has 1 atom stereocenters. The average Bonchev–Trinajstić information content (AvgIpc) is 2.43. The maximum absolute atomic E-state index is 11.9. The van der Waals surface area contributed by atoms with Gasteiger partial charge in [0.05, 0.1) is 4.92 Å². The number of benzene rings is 1. The third-order valence-corrected chi connectivity index (χ3v) is 3.60. The fraction of sp³-hybridized carbons (Fsp3) is 0.500. The Hall–Kier alpha value is -1.66. The average molecular weight is 314 g/mol. The third kappa shape index (κ3) is 5.69. The normalized spacial score (nSPS) is 12.0. The minimum atomic E-state index is -0.546. The lowest BCUT2D eigenvalue weighted by molar-refractivity contribution is -0.383. The Morgan fingerprint density at radius 3 is 2.76 bits per heavy atom. The van der Waals surface area contributed by atoms with E-state index in [0.29, 0.717) is 30.3 Å². The summed E-state index contributed by atoms with van der Waals surface area (Å²) in [4.78, 5) is 22.3. The van der Waals surface area contributed by atoms with Gasteiger partial charge < -0.3 is 11.1 Å². The molecule has 116 valence electrons. The van der Waals surface area contributed by atoms with Gasteiger partial charge in [0.25, 0.3) is 5.69 Å². The maximum Gasteiger partial charge on any atom is 0.292 e. The molecule has 0 fully saturated rings. The van der Waals surface area contributed by atoms with Gasteiger partial charge in [0.2, 0.25) is 5.91 Å². The molecule has 0 spiro atoms. The minimum absolute atomic E-state index is 0.129. The fourth-order valence-corrected chi connectivity index (χ4v) is 2.28. The lowest BCUT2D eigenvalue weighted by Crippen LogP contribution is -2.15. The summed E-state index contributed by atoms with van der Waals surface area (Å²) in [6, 6.07) is 4.08. The van der Waals surface area contributed by atoms with Crippen molar-refractivity contribution < 1.29 is 9.72 Å². The first-order chi connectivity index (χ1) is 9.97. The summed E-state index contributed by atoms with van der Waals surface area (Å²) in [6.45, 7) is 2.65. The highest BCUT2D eigenvalue weighted by Gasteiger charge is 2.17. The van der Waals surface area contributed by atoms with E-state index >= 15 is 0 Å². The van der Waals surface area contributed by atoms with Crippen molar-refractivity contribution in [1.29, 1.82) is 0 Å². The van der Waals surface area contributed by atoms with E-state index in [4.69, 9.17) is 17.3 Å². The van der Waals surface area contributed by atoms with E-state index in [9.17, 15) is 14.9 Å². The number of nitro groups is 1. The zero-order chi connectivity index (χ0) is 15.8. The topological polar surface area (TPSA) is 98.3 Å². The molecule has 0 heterocycles. The van der Waals surface area contributed by atoms with Gasteiger partial charge in [0, 0.05) is 17.5 Å². The van der Waals surface area contributed by atoms with Gasteiger partial charge in [-0.05, 0) is 37.4 Å². The van der Waals surface area contributed by atoms with E-state index in [1.807, 2.05) is 0 Å². The maximum atomic E-state index is 11.9. The third-order valence-electron chi connectivity index (χ3n) is 3.36. The van der Waals surface area contributed by atoms with Crippen molar-refractivity contribution in [1.82, 2.24) is 0 Å². The molecule has 3 N–H and O–H groups in total. The highest BCUT2D eigenvalue weighted by Crippen LogP contribution is 2.28. The fourth-order valence-electron chi connectivity index (χ4n) is 2.10. The van der Waals surface area contributed by atoms with Crippen molar-refractivity contribution in [2.45, 2.75) is 32.6 Å². The SMILES string of the molecule is CCC(CCN)CCC(=O)Nc1cc(Cl)ccc1[N+](=O)[O-]. The second-order valence-electron chi connectivity index (χ2n) is 4.86. The van der Waals surface area contributed by atoms with Crippen LogP contribution in [0.5, 0.6) is 0 Å². The van der Waals surface area contributed by atoms with Crippen molar-refractivity contribution in [2.75, 3.05) is 11.9 Å². The zero-order valence-corrected chi connectivity index (χ0v) is 12.7. The molecule has 0 aliphatic heterocycles. The Morgan fingerprint density at radius 1 is 1.48 bits per heavy atom. The number of nitrogens with zero attached hydrogens (tertiary/aromatic N) is 1. The standard InChI is InChI=1S/C14H20ClN3O3/c1-2-10(7-8-16)3-6-14(19)17-12-9-11(15)4-5-13(12)18(20)21/h4-5,9-10H,2-3,6-8,16H2,1H3,(H,17,19). The molecule has 1 unspecified atom stereocenters. The first-order valence-corrected chi connectivity index (χ1v) is 7.29. The van der Waals surface area contributed by atoms with Crippen molar-refractivity contribution in [3.05, 3.63) is 33.3 Å². The van der Waals surface area contributed by atoms with Crippen LogP contribution in [0.4, 0.5) is 11.4 Å². The van der Waals surface area contributed by atoms with Crippen LogP contribution in [0.1, 0.15) is 32.6 Å². The summed E-state index contributed by atoms with van der Waals surface area (Å²) in [7, 11) is 0. The molecule has 1 amide bonds. The van der Waals surface area contributed by atoms with Gasteiger partial charge >= 0.3 is 0 Å². The van der Waals surface area contributed by atoms with Crippen LogP contribution < -0.4 is 11.1 Å². The smallest absolute Gasteiger partial charge is 0.292 e. The highest BCUT2D eigenvalue weighted by molar-refractivity contribution is 6.31. The lowest BCUT2D eigenvalue weighted by Gasteiger charge is -2.13. The first-order valence-electron chi connectivity index (χ1n) is 6.91. The lowest BCUT2D eigenvalue weighted by atomic mass is 9.96. The molecule has 0 saturated carbocycles. The molecule has 6 nitrogen and oxygen atoms in total. The van der Waals surface area contributed by atoms with Gasteiger partial charge in [-0.2, -0.15) is 0 Å². The number of hydrogen-bond acceptors (Lipinski definition) is 4. The Morgan fingerprint density at radius 2 is 2.19 bits per heavy atom. The summed E-state index contributed by atoms with van der Waals surface area (Å²) >= 11 is 5.81. The Balaban J connectivity index is 2.66. The number of carbonyl (C=O) groups is 1. The number of nitrogens with one attached hydrogen (secondary N) is 1. The van der Waals surface area contributed by atoms with Gasteiger partial charge in [-0.3, -0.25) is 14.9 Å². The Bertz CT molecular complexity index is 508. The predicted octanol–water partition coefficient (Wildman–Crippen LogP) is 3.34. The van der Waals surface area contributed by atoms with Crippen molar-refractivity contribution in [3.63, 3.8) is 0 Å². The zero-order valence-electron chi connectivity index (χ0n) is 12.0. The number of rotatable bonds is 8. The summed E-state index contributed by atoms with van der Waals surface area (Å²) in [6.07, 6.45) is 2.86. The second-order valence-corrected chi connectivity index (χ2v) is 5.29. The van der Waals surface area contributed by atoms with Crippen molar-refractivity contribution in [2.24, 2.45) is 11.7 Å². The monoisotopic (exact) mass is 313 g/mol. The molecule has 0 aromatic heterocycles. The number of anilines is 1. The number of nitrogens with two attached hydrogens (primary N) is 1. The van der Waals surface area contributed by atoms with Gasteiger partial charge in [0.15, 0.2) is 0 Å².